The first kappa shape index (κ1) is 21.4. The highest BCUT2D eigenvalue weighted by Crippen LogP contribution is 2.23. The molecule has 31 heavy (non-hydrogen) atoms. The summed E-state index contributed by atoms with van der Waals surface area (Å²) < 4.78 is 0. The van der Waals surface area contributed by atoms with Crippen LogP contribution < -0.4 is 5.32 Å². The Morgan fingerprint density at radius 3 is 2.45 bits per heavy atom. The third-order valence-electron chi connectivity index (χ3n) is 6.44. The molecule has 1 saturated heterocycles. The van der Waals surface area contributed by atoms with Crippen LogP contribution in [0, 0.1) is 5.92 Å². The minimum absolute atomic E-state index is 0.0459. The molecule has 4 nitrogen and oxygen atoms in total. The van der Waals surface area contributed by atoms with Crippen molar-refractivity contribution in [1.29, 1.82) is 0 Å². The van der Waals surface area contributed by atoms with Crippen molar-refractivity contribution in [3.8, 4) is 11.1 Å². The van der Waals surface area contributed by atoms with Crippen molar-refractivity contribution in [3.63, 3.8) is 0 Å². The van der Waals surface area contributed by atoms with Crippen molar-refractivity contribution in [3.05, 3.63) is 71.8 Å². The first-order chi connectivity index (χ1) is 15.2. The summed E-state index contributed by atoms with van der Waals surface area (Å²) >= 11 is 0. The molecule has 1 unspecified atom stereocenters. The molecule has 0 bridgehead atoms. The van der Waals surface area contributed by atoms with Gasteiger partial charge < -0.3 is 10.2 Å². The van der Waals surface area contributed by atoms with Gasteiger partial charge in [0, 0.05) is 31.6 Å². The standard InChI is InChI=1S/C27H32N2O2/c30-26(18-21-8-3-1-4-9-21)29-17-7-10-22(20-29)19-28-27(31)25-15-13-24(14-16-25)23-11-5-2-6-12-23/h2,5-6,8,11-16,22H,1,3-4,7,9-10,17-20H2,(H,28,31). The molecule has 4 heteroatoms. The molecule has 0 saturated carbocycles. The monoisotopic (exact) mass is 416 g/mol. The molecular formula is C27H32N2O2. The molecule has 2 amide bonds. The molecule has 1 atom stereocenters. The fourth-order valence-corrected chi connectivity index (χ4v) is 4.61. The Hall–Kier alpha value is -2.88. The van der Waals surface area contributed by atoms with Crippen LogP contribution in [0.25, 0.3) is 11.1 Å². The van der Waals surface area contributed by atoms with E-state index in [0.29, 0.717) is 24.4 Å². The van der Waals surface area contributed by atoms with E-state index in [2.05, 4.69) is 23.5 Å². The summed E-state index contributed by atoms with van der Waals surface area (Å²) in [5, 5.41) is 3.08. The molecule has 0 radical (unpaired) electrons. The summed E-state index contributed by atoms with van der Waals surface area (Å²) in [5.41, 5.74) is 4.23. The first-order valence-corrected chi connectivity index (χ1v) is 11.6. The lowest BCUT2D eigenvalue weighted by atomic mass is 9.94. The van der Waals surface area contributed by atoms with Crippen molar-refractivity contribution < 1.29 is 9.59 Å². The molecule has 4 rings (SSSR count). The number of hydrogen-bond donors (Lipinski definition) is 1. The van der Waals surface area contributed by atoms with E-state index >= 15 is 0 Å². The van der Waals surface area contributed by atoms with Gasteiger partial charge in [-0.1, -0.05) is 54.1 Å². The number of hydrogen-bond acceptors (Lipinski definition) is 2. The Kier molecular flexibility index (Phi) is 7.18. The molecule has 1 aliphatic heterocycles. The lowest BCUT2D eigenvalue weighted by Crippen LogP contribution is -2.43. The predicted molar refractivity (Wildman–Crippen MR) is 125 cm³/mol. The summed E-state index contributed by atoms with van der Waals surface area (Å²) in [6.45, 7) is 2.21. The van der Waals surface area contributed by atoms with Crippen molar-refractivity contribution in [2.24, 2.45) is 5.92 Å². The number of carbonyl (C=O) groups is 2. The fourth-order valence-electron chi connectivity index (χ4n) is 4.61. The zero-order chi connectivity index (χ0) is 21.5. The van der Waals surface area contributed by atoms with Crippen molar-refractivity contribution in [1.82, 2.24) is 10.2 Å². The molecular weight excluding hydrogens is 384 g/mol. The van der Waals surface area contributed by atoms with Crippen LogP contribution in [0.2, 0.25) is 0 Å². The van der Waals surface area contributed by atoms with Crippen molar-refractivity contribution >= 4 is 11.8 Å². The molecule has 162 valence electrons. The first-order valence-electron chi connectivity index (χ1n) is 11.6. The lowest BCUT2D eigenvalue weighted by Gasteiger charge is -2.33. The Balaban J connectivity index is 1.27. The van der Waals surface area contributed by atoms with Gasteiger partial charge in [0.25, 0.3) is 5.91 Å². The molecule has 2 aromatic carbocycles. The number of carbonyl (C=O) groups excluding carboxylic acids is 2. The summed E-state index contributed by atoms with van der Waals surface area (Å²) in [6.07, 6.45) is 9.54. The van der Waals surface area contributed by atoms with Crippen LogP contribution in [0.5, 0.6) is 0 Å². The third kappa shape index (κ3) is 5.84. The van der Waals surface area contributed by atoms with Gasteiger partial charge in [-0.05, 0) is 67.7 Å². The number of amides is 2. The van der Waals surface area contributed by atoms with Gasteiger partial charge in [0.15, 0.2) is 0 Å². The van der Waals surface area contributed by atoms with Crippen LogP contribution in [0.1, 0.15) is 55.3 Å². The maximum absolute atomic E-state index is 12.7. The number of likely N-dealkylation sites (tertiary alicyclic amines) is 1. The van der Waals surface area contributed by atoms with E-state index in [0.717, 1.165) is 49.9 Å². The molecule has 0 spiro atoms. The summed E-state index contributed by atoms with van der Waals surface area (Å²) in [4.78, 5) is 27.3. The van der Waals surface area contributed by atoms with E-state index in [1.165, 1.54) is 18.4 Å². The number of allylic oxidation sites excluding steroid dienone is 1. The average molecular weight is 417 g/mol. The number of rotatable bonds is 6. The van der Waals surface area contributed by atoms with Crippen LogP contribution in [-0.2, 0) is 4.79 Å². The molecule has 2 aliphatic rings. The lowest BCUT2D eigenvalue weighted by molar-refractivity contribution is -0.132. The maximum Gasteiger partial charge on any atom is 0.251 e. The second-order valence-electron chi connectivity index (χ2n) is 8.79. The number of nitrogens with one attached hydrogen (secondary N) is 1. The largest absolute Gasteiger partial charge is 0.352 e. The van der Waals surface area contributed by atoms with Crippen molar-refractivity contribution in [2.75, 3.05) is 19.6 Å². The SMILES string of the molecule is O=C(NCC1CCCN(C(=O)CC2=CCCCC2)C1)c1ccc(-c2ccccc2)cc1. The second-order valence-corrected chi connectivity index (χ2v) is 8.79. The van der Waals surface area contributed by atoms with Gasteiger partial charge in [0.05, 0.1) is 0 Å². The Labute approximate surface area is 185 Å². The Morgan fingerprint density at radius 1 is 0.935 bits per heavy atom. The smallest absolute Gasteiger partial charge is 0.251 e. The van der Waals surface area contributed by atoms with E-state index in [1.807, 2.05) is 47.4 Å². The molecule has 1 heterocycles. The molecule has 1 aliphatic carbocycles. The third-order valence-corrected chi connectivity index (χ3v) is 6.44. The van der Waals surface area contributed by atoms with E-state index in [9.17, 15) is 9.59 Å². The number of benzene rings is 2. The van der Waals surface area contributed by atoms with Crippen LogP contribution in [0.3, 0.4) is 0 Å². The molecule has 2 aromatic rings. The topological polar surface area (TPSA) is 49.4 Å². The molecule has 1 fully saturated rings. The zero-order valence-corrected chi connectivity index (χ0v) is 18.2. The minimum atomic E-state index is -0.0459. The maximum atomic E-state index is 12.7. The summed E-state index contributed by atoms with van der Waals surface area (Å²) in [6, 6.07) is 17.9. The van der Waals surface area contributed by atoms with Gasteiger partial charge in [-0.25, -0.2) is 0 Å². The minimum Gasteiger partial charge on any atom is -0.352 e. The van der Waals surface area contributed by atoms with Gasteiger partial charge in [-0.3, -0.25) is 9.59 Å². The highest BCUT2D eigenvalue weighted by Gasteiger charge is 2.24. The normalized spacial score (nSPS) is 18.9. The fraction of sp³-hybridized carbons (Fsp3) is 0.407. The average Bonchev–Trinajstić information content (AvgIpc) is 2.84. The Morgan fingerprint density at radius 2 is 1.71 bits per heavy atom. The van der Waals surface area contributed by atoms with Crippen LogP contribution >= 0.6 is 0 Å². The second kappa shape index (κ2) is 10.4. The Bertz CT molecular complexity index is 918. The van der Waals surface area contributed by atoms with Gasteiger partial charge in [0.1, 0.15) is 0 Å². The van der Waals surface area contributed by atoms with Gasteiger partial charge in [0.2, 0.25) is 5.91 Å². The van der Waals surface area contributed by atoms with Gasteiger partial charge in [-0.2, -0.15) is 0 Å². The summed E-state index contributed by atoms with van der Waals surface area (Å²) in [5.74, 6) is 0.529. The number of piperidine rings is 1. The highest BCUT2D eigenvalue weighted by molar-refractivity contribution is 5.94. The zero-order valence-electron chi connectivity index (χ0n) is 18.2. The highest BCUT2D eigenvalue weighted by atomic mass is 16.2. The van der Waals surface area contributed by atoms with Crippen molar-refractivity contribution in [2.45, 2.75) is 44.9 Å². The molecule has 1 N–H and O–H groups in total. The van der Waals surface area contributed by atoms with Crippen LogP contribution in [0.15, 0.2) is 66.2 Å². The van der Waals surface area contributed by atoms with E-state index in [4.69, 9.17) is 0 Å². The predicted octanol–water partition coefficient (Wildman–Crippen LogP) is 5.21. The summed E-state index contributed by atoms with van der Waals surface area (Å²) in [7, 11) is 0. The van der Waals surface area contributed by atoms with Crippen LogP contribution in [-0.4, -0.2) is 36.3 Å². The van der Waals surface area contributed by atoms with Gasteiger partial charge >= 0.3 is 0 Å². The van der Waals surface area contributed by atoms with E-state index in [-0.39, 0.29) is 11.8 Å². The number of nitrogens with zero attached hydrogens (tertiary/aromatic N) is 1. The van der Waals surface area contributed by atoms with E-state index in [1.54, 1.807) is 0 Å². The molecule has 0 aromatic heterocycles. The van der Waals surface area contributed by atoms with Crippen LogP contribution in [0.4, 0.5) is 0 Å². The quantitative estimate of drug-likeness (QED) is 0.657. The van der Waals surface area contributed by atoms with Gasteiger partial charge in [-0.15, -0.1) is 0 Å². The van der Waals surface area contributed by atoms with E-state index < -0.39 is 0 Å².